The van der Waals surface area contributed by atoms with Gasteiger partial charge in [0, 0.05) is 24.8 Å². The molecule has 1 atom stereocenters. The van der Waals surface area contributed by atoms with Gasteiger partial charge in [-0.05, 0) is 37.1 Å². The summed E-state index contributed by atoms with van der Waals surface area (Å²) in [6.07, 6.45) is 3.57. The number of hydrogen-bond donors (Lipinski definition) is 2. The van der Waals surface area contributed by atoms with E-state index in [2.05, 4.69) is 34.5 Å². The topological polar surface area (TPSA) is 58.4 Å². The Kier molecular flexibility index (Phi) is 5.49. The molecule has 2 aromatic carbocycles. The summed E-state index contributed by atoms with van der Waals surface area (Å²) < 4.78 is 0. The van der Waals surface area contributed by atoms with Gasteiger partial charge in [0.1, 0.15) is 0 Å². The highest BCUT2D eigenvalue weighted by Crippen LogP contribution is 2.19. The van der Waals surface area contributed by atoms with Crippen LogP contribution in [0.3, 0.4) is 0 Å². The highest BCUT2D eigenvalue weighted by Gasteiger charge is 2.23. The summed E-state index contributed by atoms with van der Waals surface area (Å²) in [7, 11) is 0. The Morgan fingerprint density at radius 1 is 1.08 bits per heavy atom. The van der Waals surface area contributed by atoms with Gasteiger partial charge in [-0.3, -0.25) is 9.69 Å². The first-order valence-electron chi connectivity index (χ1n) is 8.65. The number of carbonyl (C=O) groups excluding carboxylic acids is 1. The van der Waals surface area contributed by atoms with Gasteiger partial charge in [0.25, 0.3) is 5.91 Å². The van der Waals surface area contributed by atoms with Crippen molar-refractivity contribution in [3.8, 4) is 0 Å². The molecule has 0 bridgehead atoms. The van der Waals surface area contributed by atoms with Crippen molar-refractivity contribution in [2.24, 2.45) is 0 Å². The van der Waals surface area contributed by atoms with Crippen LogP contribution in [0, 0.1) is 0 Å². The molecular formula is C20H25N3O. The molecule has 1 unspecified atom stereocenters. The molecule has 24 heavy (non-hydrogen) atoms. The Morgan fingerprint density at radius 2 is 1.83 bits per heavy atom. The minimum Gasteiger partial charge on any atom is -0.398 e. The monoisotopic (exact) mass is 323 g/mol. The number of para-hydroxylation sites is 1. The van der Waals surface area contributed by atoms with E-state index in [4.69, 9.17) is 5.73 Å². The van der Waals surface area contributed by atoms with Gasteiger partial charge in [-0.25, -0.2) is 0 Å². The van der Waals surface area contributed by atoms with Gasteiger partial charge in [0.2, 0.25) is 0 Å². The van der Waals surface area contributed by atoms with E-state index in [0.717, 1.165) is 19.5 Å². The van der Waals surface area contributed by atoms with E-state index in [1.807, 2.05) is 18.2 Å². The zero-order chi connectivity index (χ0) is 16.8. The molecule has 0 saturated carbocycles. The van der Waals surface area contributed by atoms with Crippen molar-refractivity contribution < 1.29 is 4.79 Å². The van der Waals surface area contributed by atoms with Crippen LogP contribution in [0.25, 0.3) is 0 Å². The van der Waals surface area contributed by atoms with Crippen LogP contribution >= 0.6 is 0 Å². The zero-order valence-electron chi connectivity index (χ0n) is 13.9. The molecule has 4 nitrogen and oxygen atoms in total. The molecule has 1 fully saturated rings. The Labute approximate surface area is 143 Å². The number of anilines is 1. The van der Waals surface area contributed by atoms with Crippen LogP contribution in [0.1, 0.15) is 35.2 Å². The van der Waals surface area contributed by atoms with E-state index in [1.54, 1.807) is 12.1 Å². The van der Waals surface area contributed by atoms with E-state index in [1.165, 1.54) is 18.4 Å². The maximum Gasteiger partial charge on any atom is 0.253 e. The van der Waals surface area contributed by atoms with Gasteiger partial charge >= 0.3 is 0 Å². The Balaban J connectivity index is 1.60. The average Bonchev–Trinajstić information content (AvgIpc) is 2.62. The predicted octanol–water partition coefficient (Wildman–Crippen LogP) is 3.05. The number of benzene rings is 2. The maximum absolute atomic E-state index is 12.4. The first-order valence-corrected chi connectivity index (χ1v) is 8.65. The molecule has 1 aliphatic heterocycles. The fourth-order valence-corrected chi connectivity index (χ4v) is 3.33. The quantitative estimate of drug-likeness (QED) is 0.832. The largest absolute Gasteiger partial charge is 0.398 e. The molecule has 0 spiro atoms. The van der Waals surface area contributed by atoms with Crippen molar-refractivity contribution in [1.82, 2.24) is 10.2 Å². The number of carbonyl (C=O) groups is 1. The number of piperidine rings is 1. The number of rotatable bonds is 5. The predicted molar refractivity (Wildman–Crippen MR) is 97.7 cm³/mol. The molecule has 1 heterocycles. The van der Waals surface area contributed by atoms with E-state index in [0.29, 0.717) is 23.8 Å². The molecular weight excluding hydrogens is 298 g/mol. The number of nitrogens with one attached hydrogen (secondary N) is 1. The van der Waals surface area contributed by atoms with Crippen molar-refractivity contribution in [3.63, 3.8) is 0 Å². The minimum atomic E-state index is -0.0849. The first kappa shape index (κ1) is 16.5. The summed E-state index contributed by atoms with van der Waals surface area (Å²) in [4.78, 5) is 14.8. The fraction of sp³-hybridized carbons (Fsp3) is 0.350. The summed E-state index contributed by atoms with van der Waals surface area (Å²) in [6.45, 7) is 2.69. The summed E-state index contributed by atoms with van der Waals surface area (Å²) in [5.41, 5.74) is 8.30. The Bertz CT molecular complexity index is 672. The zero-order valence-corrected chi connectivity index (χ0v) is 13.9. The summed E-state index contributed by atoms with van der Waals surface area (Å²) in [5, 5.41) is 3.06. The van der Waals surface area contributed by atoms with Crippen molar-refractivity contribution in [3.05, 3.63) is 65.7 Å². The normalized spacial score (nSPS) is 18.2. The van der Waals surface area contributed by atoms with E-state index >= 15 is 0 Å². The second kappa shape index (κ2) is 7.97. The highest BCUT2D eigenvalue weighted by atomic mass is 16.1. The fourth-order valence-electron chi connectivity index (χ4n) is 3.33. The molecule has 0 aliphatic carbocycles. The number of nitrogen functional groups attached to an aromatic ring is 1. The lowest BCUT2D eigenvalue weighted by atomic mass is 10.0. The smallest absolute Gasteiger partial charge is 0.253 e. The maximum atomic E-state index is 12.4. The van der Waals surface area contributed by atoms with Crippen LogP contribution < -0.4 is 11.1 Å². The minimum absolute atomic E-state index is 0.0849. The van der Waals surface area contributed by atoms with Gasteiger partial charge in [0.15, 0.2) is 0 Å². The van der Waals surface area contributed by atoms with Crippen LogP contribution in [-0.2, 0) is 6.54 Å². The second-order valence-corrected chi connectivity index (χ2v) is 6.40. The number of likely N-dealkylation sites (tertiary alicyclic amines) is 1. The molecule has 3 N–H and O–H groups in total. The number of nitrogens with two attached hydrogens (primary N) is 1. The number of amides is 1. The molecule has 1 saturated heterocycles. The van der Waals surface area contributed by atoms with Crippen LogP contribution in [0.2, 0.25) is 0 Å². The molecule has 3 rings (SSSR count). The molecule has 1 aliphatic rings. The third-order valence-electron chi connectivity index (χ3n) is 4.68. The molecule has 0 radical (unpaired) electrons. The standard InChI is InChI=1S/C20H25N3O/c21-19-12-5-4-11-18(19)20(24)22-14-17-10-6-7-13-23(17)15-16-8-2-1-3-9-16/h1-5,8-9,11-12,17H,6-7,10,13-15,21H2,(H,22,24). The molecule has 126 valence electrons. The van der Waals surface area contributed by atoms with Gasteiger partial charge in [-0.15, -0.1) is 0 Å². The lowest BCUT2D eigenvalue weighted by Crippen LogP contribution is -2.46. The van der Waals surface area contributed by atoms with Crippen LogP contribution in [-0.4, -0.2) is 29.9 Å². The number of nitrogens with zero attached hydrogens (tertiary/aromatic N) is 1. The Hall–Kier alpha value is -2.33. The molecule has 0 aromatic heterocycles. The van der Waals surface area contributed by atoms with Crippen LogP contribution in [0.5, 0.6) is 0 Å². The average molecular weight is 323 g/mol. The summed E-state index contributed by atoms with van der Waals surface area (Å²) >= 11 is 0. The van der Waals surface area contributed by atoms with Gasteiger partial charge in [0.05, 0.1) is 5.56 Å². The van der Waals surface area contributed by atoms with E-state index in [9.17, 15) is 4.79 Å². The second-order valence-electron chi connectivity index (χ2n) is 6.40. The van der Waals surface area contributed by atoms with Crippen molar-refractivity contribution >= 4 is 11.6 Å². The van der Waals surface area contributed by atoms with Gasteiger partial charge in [-0.1, -0.05) is 48.9 Å². The first-order chi connectivity index (χ1) is 11.7. The Morgan fingerprint density at radius 3 is 2.62 bits per heavy atom. The van der Waals surface area contributed by atoms with Crippen molar-refractivity contribution in [2.45, 2.75) is 31.8 Å². The molecule has 2 aromatic rings. The van der Waals surface area contributed by atoms with Crippen molar-refractivity contribution in [1.29, 1.82) is 0 Å². The van der Waals surface area contributed by atoms with Gasteiger partial charge < -0.3 is 11.1 Å². The lowest BCUT2D eigenvalue weighted by Gasteiger charge is -2.36. The summed E-state index contributed by atoms with van der Waals surface area (Å²) in [6, 6.07) is 18.1. The lowest BCUT2D eigenvalue weighted by molar-refractivity contribution is 0.0908. The van der Waals surface area contributed by atoms with E-state index in [-0.39, 0.29) is 5.91 Å². The van der Waals surface area contributed by atoms with Crippen LogP contribution in [0.4, 0.5) is 5.69 Å². The SMILES string of the molecule is Nc1ccccc1C(=O)NCC1CCCCN1Cc1ccccc1. The number of hydrogen-bond acceptors (Lipinski definition) is 3. The molecule has 1 amide bonds. The third-order valence-corrected chi connectivity index (χ3v) is 4.68. The van der Waals surface area contributed by atoms with Crippen LogP contribution in [0.15, 0.2) is 54.6 Å². The summed E-state index contributed by atoms with van der Waals surface area (Å²) in [5.74, 6) is -0.0849. The van der Waals surface area contributed by atoms with Crippen molar-refractivity contribution in [2.75, 3.05) is 18.8 Å². The molecule has 4 heteroatoms. The third kappa shape index (κ3) is 4.15. The van der Waals surface area contributed by atoms with Gasteiger partial charge in [-0.2, -0.15) is 0 Å². The van der Waals surface area contributed by atoms with E-state index < -0.39 is 0 Å². The highest BCUT2D eigenvalue weighted by molar-refractivity contribution is 5.99.